The molecule has 1 aromatic heterocycles. The van der Waals surface area contributed by atoms with E-state index in [0.29, 0.717) is 24.5 Å². The molecule has 28 heavy (non-hydrogen) atoms. The molecule has 3 rings (SSSR count). The molecule has 2 aromatic carbocycles. The van der Waals surface area contributed by atoms with Crippen molar-refractivity contribution in [1.29, 1.82) is 0 Å². The number of methoxy groups -OCH3 is 1. The van der Waals surface area contributed by atoms with Gasteiger partial charge >= 0.3 is 6.03 Å². The molecule has 6 nitrogen and oxygen atoms in total. The average Bonchev–Trinajstić information content (AvgIpc) is 3.16. The van der Waals surface area contributed by atoms with E-state index >= 15 is 0 Å². The summed E-state index contributed by atoms with van der Waals surface area (Å²) in [6.45, 7) is 4.73. The third-order valence-corrected chi connectivity index (χ3v) is 4.20. The van der Waals surface area contributed by atoms with Crippen LogP contribution in [0.25, 0.3) is 11.3 Å². The second-order valence-electron chi connectivity index (χ2n) is 6.86. The smallest absolute Gasteiger partial charge is 0.318 e. The maximum Gasteiger partial charge on any atom is 0.318 e. The first-order chi connectivity index (χ1) is 13.5. The lowest BCUT2D eigenvalue weighted by molar-refractivity contribution is 0.188. The predicted molar refractivity (Wildman–Crippen MR) is 108 cm³/mol. The molecule has 0 radical (unpaired) electrons. The average molecular weight is 379 g/mol. The van der Waals surface area contributed by atoms with Crippen molar-refractivity contribution < 1.29 is 14.1 Å². The van der Waals surface area contributed by atoms with Gasteiger partial charge in [-0.3, -0.25) is 0 Å². The Labute approximate surface area is 165 Å². The van der Waals surface area contributed by atoms with Gasteiger partial charge in [0.25, 0.3) is 0 Å². The van der Waals surface area contributed by atoms with Crippen LogP contribution >= 0.6 is 0 Å². The number of hydrogen-bond acceptors (Lipinski definition) is 4. The first kappa shape index (κ1) is 19.5. The maximum absolute atomic E-state index is 12.7. The van der Waals surface area contributed by atoms with Crippen molar-refractivity contribution in [3.05, 3.63) is 71.9 Å². The summed E-state index contributed by atoms with van der Waals surface area (Å²) in [6.07, 6.45) is 0. The van der Waals surface area contributed by atoms with Gasteiger partial charge in [0.05, 0.1) is 13.7 Å². The number of amides is 2. The molecular weight excluding hydrogens is 354 g/mol. The fourth-order valence-electron chi connectivity index (χ4n) is 2.81. The number of nitrogens with zero attached hydrogens (tertiary/aromatic N) is 2. The van der Waals surface area contributed by atoms with Gasteiger partial charge in [-0.2, -0.15) is 0 Å². The zero-order valence-corrected chi connectivity index (χ0v) is 16.4. The lowest BCUT2D eigenvalue weighted by Crippen LogP contribution is -2.42. The van der Waals surface area contributed by atoms with Gasteiger partial charge in [-0.25, -0.2) is 4.79 Å². The standard InChI is InChI=1S/C22H25N3O3/c1-16(2)23-22(26)25(14-17-7-5-4-6-8-17)15-19-13-21(28-24-19)18-9-11-20(27-3)12-10-18/h4-13,16H,14-15H2,1-3H3,(H,23,26). The topological polar surface area (TPSA) is 67.6 Å². The quantitative estimate of drug-likeness (QED) is 0.658. The zero-order chi connectivity index (χ0) is 19.9. The van der Waals surface area contributed by atoms with Crippen LogP contribution in [0.2, 0.25) is 0 Å². The van der Waals surface area contributed by atoms with Crippen LogP contribution in [0.1, 0.15) is 25.1 Å². The van der Waals surface area contributed by atoms with Gasteiger partial charge < -0.3 is 19.5 Å². The molecule has 0 aliphatic carbocycles. The Morgan fingerprint density at radius 3 is 2.46 bits per heavy atom. The molecule has 0 spiro atoms. The Morgan fingerprint density at radius 1 is 1.11 bits per heavy atom. The molecule has 2 amide bonds. The first-order valence-corrected chi connectivity index (χ1v) is 9.24. The van der Waals surface area contributed by atoms with Gasteiger partial charge in [0.15, 0.2) is 5.76 Å². The minimum Gasteiger partial charge on any atom is -0.497 e. The number of ether oxygens (including phenoxy) is 1. The second kappa shape index (κ2) is 9.08. The highest BCUT2D eigenvalue weighted by Gasteiger charge is 2.18. The fraction of sp³-hybridized carbons (Fsp3) is 0.273. The van der Waals surface area contributed by atoms with E-state index in [0.717, 1.165) is 16.9 Å². The van der Waals surface area contributed by atoms with Crippen molar-refractivity contribution in [2.45, 2.75) is 33.0 Å². The number of aromatic nitrogens is 1. The van der Waals surface area contributed by atoms with Gasteiger partial charge in [0, 0.05) is 24.2 Å². The van der Waals surface area contributed by atoms with E-state index in [9.17, 15) is 4.79 Å². The lowest BCUT2D eigenvalue weighted by atomic mass is 10.1. The molecule has 1 heterocycles. The minimum absolute atomic E-state index is 0.0537. The largest absolute Gasteiger partial charge is 0.497 e. The van der Waals surface area contributed by atoms with Crippen LogP contribution in [-0.4, -0.2) is 29.2 Å². The van der Waals surface area contributed by atoms with Gasteiger partial charge in [0.1, 0.15) is 11.4 Å². The van der Waals surface area contributed by atoms with Crippen LogP contribution in [0.5, 0.6) is 5.75 Å². The molecule has 0 aliphatic rings. The van der Waals surface area contributed by atoms with Crippen molar-refractivity contribution in [2.24, 2.45) is 0 Å². The van der Waals surface area contributed by atoms with E-state index in [1.807, 2.05) is 74.5 Å². The normalized spacial score (nSPS) is 10.7. The number of benzene rings is 2. The lowest BCUT2D eigenvalue weighted by Gasteiger charge is -2.23. The molecule has 1 N–H and O–H groups in total. The van der Waals surface area contributed by atoms with Crippen LogP contribution in [0, 0.1) is 0 Å². The van der Waals surface area contributed by atoms with Crippen LogP contribution in [0.15, 0.2) is 65.2 Å². The Morgan fingerprint density at radius 2 is 1.82 bits per heavy atom. The molecule has 0 fully saturated rings. The summed E-state index contributed by atoms with van der Waals surface area (Å²) >= 11 is 0. The van der Waals surface area contributed by atoms with Crippen molar-refractivity contribution in [3.63, 3.8) is 0 Å². The highest BCUT2D eigenvalue weighted by molar-refractivity contribution is 5.74. The SMILES string of the molecule is COc1ccc(-c2cc(CN(Cc3ccccc3)C(=O)NC(C)C)no2)cc1. The van der Waals surface area contributed by atoms with E-state index in [-0.39, 0.29) is 12.1 Å². The number of carbonyl (C=O) groups excluding carboxylic acids is 1. The molecule has 3 aromatic rings. The monoisotopic (exact) mass is 379 g/mol. The fourth-order valence-corrected chi connectivity index (χ4v) is 2.81. The van der Waals surface area contributed by atoms with Crippen molar-refractivity contribution >= 4 is 6.03 Å². The minimum atomic E-state index is -0.132. The highest BCUT2D eigenvalue weighted by Crippen LogP contribution is 2.23. The first-order valence-electron chi connectivity index (χ1n) is 9.24. The summed E-state index contributed by atoms with van der Waals surface area (Å²) < 4.78 is 10.7. The summed E-state index contributed by atoms with van der Waals surface area (Å²) in [5, 5.41) is 7.10. The van der Waals surface area contributed by atoms with Crippen molar-refractivity contribution in [2.75, 3.05) is 7.11 Å². The summed E-state index contributed by atoms with van der Waals surface area (Å²) in [5.41, 5.74) is 2.65. The molecule has 0 aliphatic heterocycles. The van der Waals surface area contributed by atoms with Gasteiger partial charge in [-0.05, 0) is 43.7 Å². The third-order valence-electron chi connectivity index (χ3n) is 4.20. The van der Waals surface area contributed by atoms with E-state index in [4.69, 9.17) is 9.26 Å². The van der Waals surface area contributed by atoms with Crippen LogP contribution in [-0.2, 0) is 13.1 Å². The Hall–Kier alpha value is -3.28. The second-order valence-corrected chi connectivity index (χ2v) is 6.86. The van der Waals surface area contributed by atoms with Crippen molar-refractivity contribution in [3.8, 4) is 17.1 Å². The molecule has 0 bridgehead atoms. The number of carbonyl (C=O) groups is 1. The number of hydrogen-bond donors (Lipinski definition) is 1. The Balaban J connectivity index is 1.76. The molecule has 0 saturated carbocycles. The molecule has 0 unspecified atom stereocenters. The number of rotatable bonds is 7. The predicted octanol–water partition coefficient (Wildman–Crippen LogP) is 4.47. The van der Waals surface area contributed by atoms with E-state index < -0.39 is 0 Å². The van der Waals surface area contributed by atoms with Crippen LogP contribution in [0.4, 0.5) is 4.79 Å². The number of nitrogens with one attached hydrogen (secondary N) is 1. The third kappa shape index (κ3) is 5.13. The van der Waals surface area contributed by atoms with Crippen LogP contribution in [0.3, 0.4) is 0 Å². The van der Waals surface area contributed by atoms with Crippen LogP contribution < -0.4 is 10.1 Å². The van der Waals surface area contributed by atoms with Crippen molar-refractivity contribution in [1.82, 2.24) is 15.4 Å². The summed E-state index contributed by atoms with van der Waals surface area (Å²) in [6, 6.07) is 19.2. The van der Waals surface area contributed by atoms with Gasteiger partial charge in [0.2, 0.25) is 0 Å². The van der Waals surface area contributed by atoms with E-state index in [2.05, 4.69) is 10.5 Å². The van der Waals surface area contributed by atoms with Gasteiger partial charge in [-0.15, -0.1) is 0 Å². The van der Waals surface area contributed by atoms with E-state index in [1.54, 1.807) is 12.0 Å². The van der Waals surface area contributed by atoms with E-state index in [1.165, 1.54) is 0 Å². The molecule has 146 valence electrons. The summed E-state index contributed by atoms with van der Waals surface area (Å²) in [7, 11) is 1.63. The molecule has 6 heteroatoms. The Kier molecular flexibility index (Phi) is 6.32. The highest BCUT2D eigenvalue weighted by atomic mass is 16.5. The molecular formula is C22H25N3O3. The van der Waals surface area contributed by atoms with Gasteiger partial charge in [-0.1, -0.05) is 35.5 Å². The molecule has 0 saturated heterocycles. The summed E-state index contributed by atoms with van der Waals surface area (Å²) in [4.78, 5) is 14.4. The zero-order valence-electron chi connectivity index (χ0n) is 16.4. The Bertz CT molecular complexity index is 889. The molecule has 0 atom stereocenters. The summed E-state index contributed by atoms with van der Waals surface area (Å²) in [5.74, 6) is 1.43. The number of urea groups is 1. The maximum atomic E-state index is 12.7.